The third-order valence-electron chi connectivity index (χ3n) is 2.65. The lowest BCUT2D eigenvalue weighted by atomic mass is 10.3. The summed E-state index contributed by atoms with van der Waals surface area (Å²) in [5.41, 5.74) is 0. The van der Waals surface area contributed by atoms with Crippen LogP contribution >= 0.6 is 0 Å². The van der Waals surface area contributed by atoms with Gasteiger partial charge in [0.05, 0.1) is 14.2 Å². The lowest BCUT2D eigenvalue weighted by Crippen LogP contribution is -2.35. The van der Waals surface area contributed by atoms with Crippen molar-refractivity contribution < 1.29 is 27.8 Å². The van der Waals surface area contributed by atoms with Crippen LogP contribution in [0.3, 0.4) is 0 Å². The van der Waals surface area contributed by atoms with Crippen LogP contribution in [-0.2, 0) is 14.8 Å². The van der Waals surface area contributed by atoms with Crippen molar-refractivity contribution in [2.45, 2.75) is 11.8 Å². The maximum atomic E-state index is 12.5. The van der Waals surface area contributed by atoms with Crippen LogP contribution in [-0.4, -0.2) is 51.1 Å². The van der Waals surface area contributed by atoms with E-state index in [4.69, 9.17) is 14.6 Å². The molecule has 8 heteroatoms. The van der Waals surface area contributed by atoms with Gasteiger partial charge in [-0.1, -0.05) is 6.92 Å². The molecule has 1 aromatic carbocycles. The van der Waals surface area contributed by atoms with E-state index in [-0.39, 0.29) is 17.2 Å². The van der Waals surface area contributed by atoms with Gasteiger partial charge in [-0.25, -0.2) is 8.42 Å². The third-order valence-corrected chi connectivity index (χ3v) is 4.59. The molecule has 0 spiro atoms. The highest BCUT2D eigenvalue weighted by molar-refractivity contribution is 7.89. The van der Waals surface area contributed by atoms with Crippen molar-refractivity contribution in [2.24, 2.45) is 0 Å². The minimum absolute atomic E-state index is 0.0367. The fourth-order valence-corrected chi connectivity index (χ4v) is 3.21. The first-order valence-corrected chi connectivity index (χ1v) is 7.24. The number of hydrogen-bond donors (Lipinski definition) is 1. The minimum atomic E-state index is -3.97. The molecule has 0 aliphatic rings. The number of hydrogen-bond acceptors (Lipinski definition) is 5. The highest BCUT2D eigenvalue weighted by atomic mass is 32.2. The van der Waals surface area contributed by atoms with E-state index in [0.717, 1.165) is 4.31 Å². The zero-order valence-corrected chi connectivity index (χ0v) is 12.3. The van der Waals surface area contributed by atoms with Gasteiger partial charge in [-0.2, -0.15) is 4.31 Å². The summed E-state index contributed by atoms with van der Waals surface area (Å²) in [7, 11) is -1.22. The maximum Gasteiger partial charge on any atom is 0.318 e. The highest BCUT2D eigenvalue weighted by Gasteiger charge is 2.28. The molecule has 0 bridgehead atoms. The van der Waals surface area contributed by atoms with Gasteiger partial charge in [-0.3, -0.25) is 4.79 Å². The van der Waals surface area contributed by atoms with Crippen LogP contribution in [0.5, 0.6) is 11.5 Å². The van der Waals surface area contributed by atoms with E-state index < -0.39 is 22.5 Å². The molecule has 0 atom stereocenters. The highest BCUT2D eigenvalue weighted by Crippen LogP contribution is 2.30. The smallest absolute Gasteiger partial charge is 0.318 e. The number of likely N-dealkylation sites (N-methyl/N-ethyl adjacent to an activating group) is 1. The normalized spacial score (nSPS) is 11.4. The fraction of sp³-hybridized carbons (Fsp3) is 0.417. The summed E-state index contributed by atoms with van der Waals surface area (Å²) in [6.45, 7) is 0.987. The average molecular weight is 303 g/mol. The monoisotopic (exact) mass is 303 g/mol. The van der Waals surface area contributed by atoms with Gasteiger partial charge in [0.25, 0.3) is 0 Å². The Morgan fingerprint density at radius 3 is 2.40 bits per heavy atom. The number of nitrogens with zero attached hydrogens (tertiary/aromatic N) is 1. The van der Waals surface area contributed by atoms with Gasteiger partial charge < -0.3 is 14.6 Å². The van der Waals surface area contributed by atoms with Crippen molar-refractivity contribution >= 4 is 16.0 Å². The molecule has 0 heterocycles. The van der Waals surface area contributed by atoms with Crippen LogP contribution in [0.25, 0.3) is 0 Å². The number of aliphatic carboxylic acids is 1. The van der Waals surface area contributed by atoms with Crippen LogP contribution in [0.15, 0.2) is 23.1 Å². The second kappa shape index (κ2) is 6.58. The summed E-state index contributed by atoms with van der Waals surface area (Å²) in [5, 5.41) is 8.79. The lowest BCUT2D eigenvalue weighted by Gasteiger charge is -2.20. The average Bonchev–Trinajstić information content (AvgIpc) is 2.43. The van der Waals surface area contributed by atoms with Crippen LogP contribution in [0.2, 0.25) is 0 Å². The number of methoxy groups -OCH3 is 2. The molecule has 20 heavy (non-hydrogen) atoms. The van der Waals surface area contributed by atoms with Crippen molar-refractivity contribution in [3.05, 3.63) is 18.2 Å². The summed E-state index contributed by atoms with van der Waals surface area (Å²) in [6.07, 6.45) is 0. The van der Waals surface area contributed by atoms with Crippen molar-refractivity contribution in [1.82, 2.24) is 4.31 Å². The van der Waals surface area contributed by atoms with E-state index in [2.05, 4.69) is 0 Å². The molecule has 0 aliphatic heterocycles. The number of rotatable bonds is 7. The standard InChI is InChI=1S/C12H17NO6S/c1-4-13(8-12(14)15)20(16,17)11-7-9(18-2)5-6-10(11)19-3/h5-7H,4,8H2,1-3H3,(H,14,15). The number of carboxylic acids is 1. The van der Waals surface area contributed by atoms with E-state index in [0.29, 0.717) is 5.75 Å². The fourth-order valence-electron chi connectivity index (χ4n) is 1.64. The van der Waals surface area contributed by atoms with Crippen LogP contribution in [0.1, 0.15) is 6.92 Å². The summed E-state index contributed by atoms with van der Waals surface area (Å²) in [4.78, 5) is 10.6. The SMILES string of the molecule is CCN(CC(=O)O)S(=O)(=O)c1cc(OC)ccc1OC. The molecule has 112 valence electrons. The molecule has 7 nitrogen and oxygen atoms in total. The molecule has 1 rings (SSSR count). The maximum absolute atomic E-state index is 12.5. The Kier molecular flexibility index (Phi) is 5.34. The van der Waals surface area contributed by atoms with Crippen molar-refractivity contribution in [3.8, 4) is 11.5 Å². The predicted octanol–water partition coefficient (Wildman–Crippen LogP) is 0.799. The summed E-state index contributed by atoms with van der Waals surface area (Å²) >= 11 is 0. The number of carbonyl (C=O) groups is 1. The van der Waals surface area contributed by atoms with Crippen molar-refractivity contribution in [2.75, 3.05) is 27.3 Å². The molecule has 0 fully saturated rings. The molecule has 0 amide bonds. The van der Waals surface area contributed by atoms with Gasteiger partial charge in [0, 0.05) is 12.6 Å². The number of ether oxygens (including phenoxy) is 2. The first kappa shape index (κ1) is 16.3. The second-order valence-electron chi connectivity index (χ2n) is 3.84. The second-order valence-corrected chi connectivity index (χ2v) is 5.75. The molecule has 0 aliphatic carbocycles. The molecule has 0 saturated carbocycles. The first-order valence-electron chi connectivity index (χ1n) is 5.80. The van der Waals surface area contributed by atoms with Gasteiger partial charge in [-0.05, 0) is 12.1 Å². The van der Waals surface area contributed by atoms with E-state index in [1.807, 2.05) is 0 Å². The van der Waals surface area contributed by atoms with Crippen LogP contribution < -0.4 is 9.47 Å². The predicted molar refractivity (Wildman–Crippen MR) is 71.6 cm³/mol. The number of carboxylic acid groups (broad SMARTS) is 1. The molecular weight excluding hydrogens is 286 g/mol. The lowest BCUT2D eigenvalue weighted by molar-refractivity contribution is -0.137. The van der Waals surface area contributed by atoms with Gasteiger partial charge in [0.15, 0.2) is 0 Å². The molecule has 1 N–H and O–H groups in total. The Bertz CT molecular complexity index is 584. The molecule has 1 aromatic rings. The van der Waals surface area contributed by atoms with Crippen molar-refractivity contribution in [3.63, 3.8) is 0 Å². The Balaban J connectivity index is 3.35. The van der Waals surface area contributed by atoms with Gasteiger partial charge in [0.2, 0.25) is 10.0 Å². The Morgan fingerprint density at radius 1 is 1.30 bits per heavy atom. The van der Waals surface area contributed by atoms with E-state index in [9.17, 15) is 13.2 Å². The summed E-state index contributed by atoms with van der Waals surface area (Å²) < 4.78 is 35.8. The zero-order valence-electron chi connectivity index (χ0n) is 11.5. The van der Waals surface area contributed by atoms with Gasteiger partial charge in [-0.15, -0.1) is 0 Å². The van der Waals surface area contributed by atoms with Gasteiger partial charge >= 0.3 is 5.97 Å². The van der Waals surface area contributed by atoms with E-state index in [1.165, 1.54) is 26.4 Å². The summed E-state index contributed by atoms with van der Waals surface area (Å²) in [5.74, 6) is -0.748. The Hall–Kier alpha value is -1.80. The largest absolute Gasteiger partial charge is 0.497 e. The molecule has 0 radical (unpaired) electrons. The van der Waals surface area contributed by atoms with E-state index >= 15 is 0 Å². The van der Waals surface area contributed by atoms with E-state index in [1.54, 1.807) is 13.0 Å². The number of sulfonamides is 1. The van der Waals surface area contributed by atoms with Crippen molar-refractivity contribution in [1.29, 1.82) is 0 Å². The third kappa shape index (κ3) is 3.40. The number of benzene rings is 1. The molecule has 0 unspecified atom stereocenters. The quantitative estimate of drug-likeness (QED) is 0.801. The first-order chi connectivity index (χ1) is 9.36. The molecule has 0 saturated heterocycles. The van der Waals surface area contributed by atoms with Gasteiger partial charge in [0.1, 0.15) is 22.9 Å². The topological polar surface area (TPSA) is 93.1 Å². The minimum Gasteiger partial charge on any atom is -0.497 e. The molecule has 0 aromatic heterocycles. The van der Waals surface area contributed by atoms with Crippen LogP contribution in [0, 0.1) is 0 Å². The Labute approximate surface area is 117 Å². The zero-order chi connectivity index (χ0) is 15.3. The van der Waals surface area contributed by atoms with Crippen LogP contribution in [0.4, 0.5) is 0 Å². The Morgan fingerprint density at radius 2 is 1.95 bits per heavy atom. The summed E-state index contributed by atoms with van der Waals surface area (Å²) in [6, 6.07) is 4.32. The molecular formula is C12H17NO6S.